The predicted octanol–water partition coefficient (Wildman–Crippen LogP) is 6.09. The lowest BCUT2D eigenvalue weighted by Gasteiger charge is -2.07. The van der Waals surface area contributed by atoms with E-state index in [1.165, 1.54) is 37.5 Å². The number of carbonyl (C=O) groups is 1. The van der Waals surface area contributed by atoms with Crippen LogP contribution in [0.15, 0.2) is 34.8 Å². The van der Waals surface area contributed by atoms with Gasteiger partial charge in [-0.05, 0) is 29.8 Å². The number of ether oxygens (including phenoxy) is 1. The molecule has 1 heterocycles. The first-order valence-corrected chi connectivity index (χ1v) is 9.02. The number of aromatic nitrogens is 1. The van der Waals surface area contributed by atoms with Gasteiger partial charge in [-0.3, -0.25) is 4.79 Å². The normalized spacial score (nSPS) is 12.1. The number of ketones is 1. The number of hydrogen-bond acceptors (Lipinski definition) is 3. The second kappa shape index (κ2) is 7.52. The van der Waals surface area contributed by atoms with Crippen molar-refractivity contribution in [3.63, 3.8) is 0 Å². The van der Waals surface area contributed by atoms with E-state index in [9.17, 15) is 18.0 Å². The summed E-state index contributed by atoms with van der Waals surface area (Å²) in [4.78, 5) is 14.9. The maximum absolute atomic E-state index is 13.1. The van der Waals surface area contributed by atoms with Crippen molar-refractivity contribution in [3.8, 4) is 5.75 Å². The predicted molar refractivity (Wildman–Crippen MR) is 108 cm³/mol. The van der Waals surface area contributed by atoms with Crippen LogP contribution in [0.1, 0.15) is 21.6 Å². The number of methoxy groups -OCH3 is 1. The quantitative estimate of drug-likeness (QED) is 0.356. The number of hydrogen-bond donors (Lipinski definition) is 2. The Morgan fingerprint density at radius 2 is 1.96 bits per heavy atom. The zero-order valence-electron chi connectivity index (χ0n) is 14.3. The first-order valence-electron chi connectivity index (χ1n) is 7.85. The van der Waals surface area contributed by atoms with Gasteiger partial charge in [0.1, 0.15) is 5.75 Å². The van der Waals surface area contributed by atoms with Crippen LogP contribution < -0.4 is 10.5 Å². The molecule has 3 rings (SSSR count). The second-order valence-electron chi connectivity index (χ2n) is 5.88. The highest BCUT2D eigenvalue weighted by Crippen LogP contribution is 2.34. The van der Waals surface area contributed by atoms with E-state index < -0.39 is 17.5 Å². The van der Waals surface area contributed by atoms with E-state index in [0.717, 1.165) is 0 Å². The van der Waals surface area contributed by atoms with Gasteiger partial charge in [-0.25, -0.2) is 0 Å². The van der Waals surface area contributed by atoms with Crippen molar-refractivity contribution in [1.82, 2.24) is 4.98 Å². The highest BCUT2D eigenvalue weighted by Gasteiger charge is 2.41. The molecule has 0 aliphatic rings. The zero-order chi connectivity index (χ0) is 20.6. The van der Waals surface area contributed by atoms with Gasteiger partial charge in [-0.15, -0.1) is 0 Å². The van der Waals surface area contributed by atoms with Gasteiger partial charge >= 0.3 is 6.18 Å². The summed E-state index contributed by atoms with van der Waals surface area (Å²) in [5, 5.41) is 0.467. The lowest BCUT2D eigenvalue weighted by Crippen LogP contribution is -2.23. The number of carbonyl (C=O) groups excluding carboxylic acids is 1. The first kappa shape index (κ1) is 20.3. The Labute approximate surface area is 171 Å². The number of alkyl halides is 3. The molecule has 0 unspecified atom stereocenters. The molecule has 4 nitrogen and oxygen atoms in total. The number of anilines is 1. The molecule has 0 atom stereocenters. The number of benzene rings is 2. The molecule has 0 radical (unpaired) electrons. The fourth-order valence-corrected chi connectivity index (χ4v) is 3.37. The number of nitrogen functional groups attached to an aromatic ring is 1. The Morgan fingerprint density at radius 1 is 1.25 bits per heavy atom. The van der Waals surface area contributed by atoms with Crippen LogP contribution in [0.3, 0.4) is 0 Å². The van der Waals surface area contributed by atoms with E-state index in [0.29, 0.717) is 32.0 Å². The topological polar surface area (TPSA) is 68.1 Å². The number of fused-ring (bicyclic) bond motifs is 1. The molecule has 146 valence electrons. The van der Waals surface area contributed by atoms with Crippen LogP contribution in [0.4, 0.5) is 18.9 Å². The Bertz CT molecular complexity index is 1110. The molecule has 0 fully saturated rings. The summed E-state index contributed by atoms with van der Waals surface area (Å²) in [6.45, 7) is 0. The van der Waals surface area contributed by atoms with Gasteiger partial charge in [0.05, 0.1) is 23.4 Å². The molecule has 0 bridgehead atoms. The second-order valence-corrected chi connectivity index (χ2v) is 7.20. The molecule has 0 saturated carbocycles. The van der Waals surface area contributed by atoms with Crippen molar-refractivity contribution in [1.29, 1.82) is 0 Å². The van der Waals surface area contributed by atoms with Crippen LogP contribution in [-0.2, 0) is 0 Å². The number of nitrogens with two attached hydrogens (primary N) is 1. The van der Waals surface area contributed by atoms with Gasteiger partial charge in [-0.1, -0.05) is 39.7 Å². The van der Waals surface area contributed by atoms with Crippen LogP contribution in [-0.4, -0.2) is 24.1 Å². The molecule has 9 heteroatoms. The summed E-state index contributed by atoms with van der Waals surface area (Å²) in [7, 11) is 1.44. The number of halogens is 5. The minimum Gasteiger partial charge on any atom is -0.495 e. The maximum Gasteiger partial charge on any atom is 0.454 e. The third kappa shape index (κ3) is 3.88. The number of Topliss-reactive ketones (excluding diaryl/α,β-unsaturated/α-hetero) is 1. The molecule has 0 aliphatic carbocycles. The van der Waals surface area contributed by atoms with Crippen LogP contribution in [0.5, 0.6) is 5.75 Å². The SMILES string of the molecule is COc1cc(N)c(/C=C/c2[nH]c3cc(Br)ccc3c2C(=O)C(F)(F)F)cc1Cl. The highest BCUT2D eigenvalue weighted by atomic mass is 79.9. The van der Waals surface area contributed by atoms with Crippen molar-refractivity contribution in [2.45, 2.75) is 6.18 Å². The monoisotopic (exact) mass is 472 g/mol. The van der Waals surface area contributed by atoms with E-state index >= 15 is 0 Å². The van der Waals surface area contributed by atoms with Crippen LogP contribution in [0.25, 0.3) is 23.1 Å². The summed E-state index contributed by atoms with van der Waals surface area (Å²) in [6.07, 6.45) is -2.16. The summed E-state index contributed by atoms with van der Waals surface area (Å²) in [5.41, 5.74) is 6.68. The maximum atomic E-state index is 13.1. The highest BCUT2D eigenvalue weighted by molar-refractivity contribution is 9.10. The van der Waals surface area contributed by atoms with Crippen LogP contribution in [0.2, 0.25) is 5.02 Å². The van der Waals surface area contributed by atoms with E-state index in [4.69, 9.17) is 22.1 Å². The Kier molecular flexibility index (Phi) is 5.45. The van der Waals surface area contributed by atoms with Crippen molar-refractivity contribution < 1.29 is 22.7 Å². The summed E-state index contributed by atoms with van der Waals surface area (Å²) in [5.74, 6) is -1.55. The molecule has 0 spiro atoms. The molecule has 0 saturated heterocycles. The molecule has 0 aliphatic heterocycles. The Hall–Kier alpha value is -2.45. The molecule has 1 aromatic heterocycles. The molecule has 0 amide bonds. The van der Waals surface area contributed by atoms with Gasteiger partial charge in [0.15, 0.2) is 0 Å². The number of aromatic amines is 1. The fourth-order valence-electron chi connectivity index (χ4n) is 2.76. The van der Waals surface area contributed by atoms with Crippen LogP contribution >= 0.6 is 27.5 Å². The molecular weight excluding hydrogens is 461 g/mol. The fraction of sp³-hybridized carbons (Fsp3) is 0.105. The lowest BCUT2D eigenvalue weighted by atomic mass is 10.0. The van der Waals surface area contributed by atoms with Crippen molar-refractivity contribution in [3.05, 3.63) is 56.6 Å². The summed E-state index contributed by atoms with van der Waals surface area (Å²) >= 11 is 9.34. The van der Waals surface area contributed by atoms with Gasteiger partial charge in [0, 0.05) is 27.1 Å². The van der Waals surface area contributed by atoms with E-state index in [-0.39, 0.29) is 11.1 Å². The molecule has 3 aromatic rings. The average Bonchev–Trinajstić information content (AvgIpc) is 2.97. The van der Waals surface area contributed by atoms with Gasteiger partial charge < -0.3 is 15.5 Å². The van der Waals surface area contributed by atoms with E-state index in [2.05, 4.69) is 20.9 Å². The summed E-state index contributed by atoms with van der Waals surface area (Å²) in [6, 6.07) is 7.64. The standard InChI is InChI=1S/C19H13BrClF3N2O2/c1-28-16-8-13(25)9(6-12(16)21)2-5-14-17(18(27)19(22,23)24)11-4-3-10(20)7-15(11)26-14/h2-8,26H,25H2,1H3/b5-2+. The number of H-pyrrole nitrogens is 1. The van der Waals surface area contributed by atoms with E-state index in [1.54, 1.807) is 12.1 Å². The third-order valence-corrected chi connectivity index (χ3v) is 4.85. The number of rotatable bonds is 4. The third-order valence-electron chi connectivity index (χ3n) is 4.06. The first-order chi connectivity index (χ1) is 13.1. The number of nitrogens with one attached hydrogen (secondary N) is 1. The lowest BCUT2D eigenvalue weighted by molar-refractivity contribution is -0.0884. The van der Waals surface area contributed by atoms with Gasteiger partial charge in [-0.2, -0.15) is 13.2 Å². The Morgan fingerprint density at radius 3 is 2.61 bits per heavy atom. The zero-order valence-corrected chi connectivity index (χ0v) is 16.7. The Balaban J connectivity index is 2.14. The largest absolute Gasteiger partial charge is 0.495 e. The van der Waals surface area contributed by atoms with Gasteiger partial charge in [0.25, 0.3) is 5.78 Å². The molecule has 28 heavy (non-hydrogen) atoms. The summed E-state index contributed by atoms with van der Waals surface area (Å²) < 4.78 is 45.1. The molecule has 2 aromatic carbocycles. The average molecular weight is 474 g/mol. The van der Waals surface area contributed by atoms with E-state index in [1.807, 2.05) is 0 Å². The van der Waals surface area contributed by atoms with Crippen molar-refractivity contribution in [2.75, 3.05) is 12.8 Å². The van der Waals surface area contributed by atoms with Crippen LogP contribution in [0, 0.1) is 0 Å². The minimum atomic E-state index is -5.01. The van der Waals surface area contributed by atoms with Crippen molar-refractivity contribution in [2.24, 2.45) is 0 Å². The van der Waals surface area contributed by atoms with Crippen molar-refractivity contribution >= 4 is 62.1 Å². The van der Waals surface area contributed by atoms with Gasteiger partial charge in [0.2, 0.25) is 0 Å². The smallest absolute Gasteiger partial charge is 0.454 e. The molecular formula is C19H13BrClF3N2O2. The molecule has 3 N–H and O–H groups in total. The minimum absolute atomic E-state index is 0.0155.